The number of hydrogen-bond donors (Lipinski definition) is 0. The van der Waals surface area contributed by atoms with E-state index in [-0.39, 0.29) is 29.6 Å². The first-order valence-electron chi connectivity index (χ1n) is 1.33. The quantitative estimate of drug-likeness (QED) is 0.187. The molecule has 9 heavy (non-hydrogen) atoms. The summed E-state index contributed by atoms with van der Waals surface area (Å²) in [6.45, 7) is 0. The number of rotatable bonds is 2. The topological polar surface area (TPSA) is 121 Å². The van der Waals surface area contributed by atoms with Crippen LogP contribution >= 0.6 is 0 Å². The maximum absolute atomic E-state index is 9.91. The number of azide groups is 1. The van der Waals surface area contributed by atoms with Gasteiger partial charge in [0.1, 0.15) is 9.04 Å². The summed E-state index contributed by atoms with van der Waals surface area (Å²) in [5.74, 6) is 0. The van der Waals surface area contributed by atoms with Gasteiger partial charge in [-0.15, -0.1) is 0 Å². The molecule has 0 bridgehead atoms. The summed E-state index contributed by atoms with van der Waals surface area (Å²) in [4.78, 5) is 4.23. The Balaban J connectivity index is 0. The molecule has 44 valence electrons. The van der Waals surface area contributed by atoms with E-state index in [9.17, 15) is 4.55 Å². The first-order valence-corrected chi connectivity index (χ1v) is 2.40. The van der Waals surface area contributed by atoms with Crippen molar-refractivity contribution in [3.63, 3.8) is 0 Å². The molecule has 0 amide bonds. The number of nitrogens with zero attached hydrogens (tertiary/aromatic N) is 6. The van der Waals surface area contributed by atoms with Crippen molar-refractivity contribution in [1.82, 2.24) is 0 Å². The van der Waals surface area contributed by atoms with Gasteiger partial charge in [0.25, 0.3) is 0 Å². The standard InChI is InChI=1S/N6OS.Na.H/c1-3-5-8(7)6-4-2;;. The van der Waals surface area contributed by atoms with E-state index in [0.29, 0.717) is 0 Å². The van der Waals surface area contributed by atoms with E-state index < -0.39 is 11.5 Å². The summed E-state index contributed by atoms with van der Waals surface area (Å²) in [5.41, 5.74) is 15.1. The minimum absolute atomic E-state index is 0. The summed E-state index contributed by atoms with van der Waals surface area (Å²) >= 11 is -2.10. The van der Waals surface area contributed by atoms with Crippen LogP contribution in [0.5, 0.6) is 0 Å². The van der Waals surface area contributed by atoms with Crippen LogP contribution in [-0.2, 0) is 11.5 Å². The zero-order valence-electron chi connectivity index (χ0n) is 3.50. The van der Waals surface area contributed by atoms with Crippen LogP contribution in [0.2, 0.25) is 0 Å². The van der Waals surface area contributed by atoms with Gasteiger partial charge in [-0.3, -0.25) is 0 Å². The van der Waals surface area contributed by atoms with Crippen molar-refractivity contribution in [2.75, 3.05) is 0 Å². The van der Waals surface area contributed by atoms with Gasteiger partial charge in [-0.1, -0.05) is 0 Å². The van der Waals surface area contributed by atoms with Gasteiger partial charge >= 0.3 is 29.6 Å². The van der Waals surface area contributed by atoms with Gasteiger partial charge in [0.05, 0.1) is 0 Å². The molecule has 0 fully saturated rings. The maximum atomic E-state index is 9.91. The second-order valence-corrected chi connectivity index (χ2v) is 1.36. The first-order chi connectivity index (χ1) is 3.81. The molecule has 0 saturated heterocycles. The first kappa shape index (κ1) is 11.7. The van der Waals surface area contributed by atoms with Gasteiger partial charge in [0.15, 0.2) is 0 Å². The molecule has 0 radical (unpaired) electrons. The van der Waals surface area contributed by atoms with E-state index in [1.165, 1.54) is 0 Å². The minimum atomic E-state index is -2.10. The summed E-state index contributed by atoms with van der Waals surface area (Å²) in [6, 6.07) is 0. The molecule has 0 unspecified atom stereocenters. The summed E-state index contributed by atoms with van der Waals surface area (Å²) < 4.78 is 15.0. The molecular weight excluding hydrogens is 155 g/mol. The van der Waals surface area contributed by atoms with E-state index in [0.717, 1.165) is 0 Å². The van der Waals surface area contributed by atoms with Crippen molar-refractivity contribution in [2.24, 2.45) is 9.04 Å². The van der Waals surface area contributed by atoms with Crippen molar-refractivity contribution in [3.05, 3.63) is 20.9 Å². The molecule has 7 nitrogen and oxygen atoms in total. The van der Waals surface area contributed by atoms with Gasteiger partial charge in [-0.25, -0.2) is 0 Å². The van der Waals surface area contributed by atoms with E-state index >= 15 is 0 Å². The molecule has 0 atom stereocenters. The summed E-state index contributed by atoms with van der Waals surface area (Å²) in [5, 5.41) is 0. The average molecular weight is 156 g/mol. The third kappa shape index (κ3) is 7.93. The Bertz CT molecular complexity index is 136. The van der Waals surface area contributed by atoms with E-state index in [1.807, 2.05) is 0 Å². The SMILES string of the molecule is [N-]=[N+]=N[S+]([O-])N=[N+]=[N-].[NaH]. The Labute approximate surface area is 75.4 Å². The van der Waals surface area contributed by atoms with Gasteiger partial charge in [-0.05, 0) is 0 Å². The van der Waals surface area contributed by atoms with E-state index in [4.69, 9.17) is 11.1 Å². The Morgan fingerprint density at radius 2 is 1.56 bits per heavy atom. The van der Waals surface area contributed by atoms with Gasteiger partial charge in [0.2, 0.25) is 11.5 Å². The van der Waals surface area contributed by atoms with Crippen LogP contribution in [0, 0.1) is 0 Å². The molecule has 0 N–H and O–H groups in total. The fourth-order valence-electron chi connectivity index (χ4n) is 0.0788. The predicted octanol–water partition coefficient (Wildman–Crippen LogP) is 0.537. The Hall–Kier alpha value is -0.0700. The van der Waals surface area contributed by atoms with Gasteiger partial charge in [0, 0.05) is 20.9 Å². The normalized spacial score (nSPS) is 9.44. The molecule has 0 aliphatic carbocycles. The fourth-order valence-corrected chi connectivity index (χ4v) is 0.236. The van der Waals surface area contributed by atoms with Crippen molar-refractivity contribution in [1.29, 1.82) is 0 Å². The molecule has 0 aromatic heterocycles. The summed E-state index contributed by atoms with van der Waals surface area (Å²) in [6.07, 6.45) is 0. The van der Waals surface area contributed by atoms with Gasteiger partial charge in [-0.2, -0.15) is 0 Å². The molecule has 0 saturated carbocycles. The molecule has 0 heterocycles. The molecule has 0 aromatic rings. The zero-order valence-corrected chi connectivity index (χ0v) is 4.32. The van der Waals surface area contributed by atoms with Crippen LogP contribution in [0.1, 0.15) is 0 Å². The zero-order chi connectivity index (χ0) is 6.41. The van der Waals surface area contributed by atoms with E-state index in [1.54, 1.807) is 0 Å². The van der Waals surface area contributed by atoms with Crippen LogP contribution < -0.4 is 0 Å². The Morgan fingerprint density at radius 1 is 1.22 bits per heavy atom. The average Bonchev–Trinajstić information content (AvgIpc) is 1.68. The summed E-state index contributed by atoms with van der Waals surface area (Å²) in [7, 11) is 0. The molecule has 9 heteroatoms. The third-order valence-corrected chi connectivity index (χ3v) is 0.638. The number of hydrogen-bond acceptors (Lipinski definition) is 3. The van der Waals surface area contributed by atoms with Crippen LogP contribution in [0.3, 0.4) is 0 Å². The van der Waals surface area contributed by atoms with Crippen LogP contribution in [-0.4, -0.2) is 34.1 Å². The van der Waals surface area contributed by atoms with Crippen molar-refractivity contribution < 1.29 is 4.55 Å². The molecule has 0 spiro atoms. The van der Waals surface area contributed by atoms with Crippen LogP contribution in [0.4, 0.5) is 0 Å². The fraction of sp³-hybridized carbons (Fsp3) is 0. The molecule has 0 aliphatic rings. The Morgan fingerprint density at radius 3 is 1.78 bits per heavy atom. The third-order valence-electron chi connectivity index (χ3n) is 0.213. The van der Waals surface area contributed by atoms with Crippen molar-refractivity contribution in [2.45, 2.75) is 0 Å². The molecule has 0 aliphatic heterocycles. The van der Waals surface area contributed by atoms with Crippen LogP contribution in [0.15, 0.2) is 9.04 Å². The second kappa shape index (κ2) is 7.93. The monoisotopic (exact) mass is 156 g/mol. The predicted molar refractivity (Wildman–Crippen MR) is 33.6 cm³/mol. The molecular formula is HN6NaOS. The second-order valence-electron chi connectivity index (χ2n) is 0.573. The van der Waals surface area contributed by atoms with Crippen molar-refractivity contribution in [3.8, 4) is 0 Å². The van der Waals surface area contributed by atoms with Crippen molar-refractivity contribution >= 4 is 41.1 Å². The molecule has 0 aromatic carbocycles. The van der Waals surface area contributed by atoms with Gasteiger partial charge < -0.3 is 4.55 Å². The van der Waals surface area contributed by atoms with E-state index in [2.05, 4.69) is 18.9 Å². The van der Waals surface area contributed by atoms with Crippen LogP contribution in [0.25, 0.3) is 20.9 Å². The Kier molecular flexibility index (Phi) is 10.3. The molecule has 0 rings (SSSR count).